The van der Waals surface area contributed by atoms with Gasteiger partial charge < -0.3 is 10.2 Å². The number of hydrogen-bond acceptors (Lipinski definition) is 4. The normalized spacial score (nSPS) is 26.6. The predicted octanol–water partition coefficient (Wildman–Crippen LogP) is 1.12. The molecule has 23 heavy (non-hydrogen) atoms. The lowest BCUT2D eigenvalue weighted by Crippen LogP contribution is -2.48. The van der Waals surface area contributed by atoms with E-state index >= 15 is 0 Å². The minimum Gasteiger partial charge on any atom is -0.342 e. The largest absolute Gasteiger partial charge is 0.342 e. The molecule has 0 radical (unpaired) electrons. The van der Waals surface area contributed by atoms with E-state index in [0.29, 0.717) is 25.0 Å². The molecule has 0 aromatic carbocycles. The maximum Gasteiger partial charge on any atom is 0.239 e. The van der Waals surface area contributed by atoms with Crippen LogP contribution in [0.25, 0.3) is 0 Å². The number of carbonyl (C=O) groups excluding carboxylic acids is 1. The minimum atomic E-state index is -3.52. The number of likely N-dealkylation sites (tertiary alicyclic amines) is 1. The van der Waals surface area contributed by atoms with Gasteiger partial charge in [0.15, 0.2) is 0 Å². The second kappa shape index (κ2) is 9.20. The number of halogens is 1. The summed E-state index contributed by atoms with van der Waals surface area (Å²) in [7, 11) is -1.60. The Morgan fingerprint density at radius 1 is 1.04 bits per heavy atom. The first-order valence-corrected chi connectivity index (χ1v) is 10.00. The Morgan fingerprint density at radius 3 is 2.13 bits per heavy atom. The van der Waals surface area contributed by atoms with E-state index < -0.39 is 15.8 Å². The molecule has 8 heteroatoms. The lowest BCUT2D eigenvalue weighted by Gasteiger charge is -2.32. The van der Waals surface area contributed by atoms with Gasteiger partial charge in [0.2, 0.25) is 15.9 Å². The Bertz CT molecular complexity index is 470. The van der Waals surface area contributed by atoms with Gasteiger partial charge in [-0.2, -0.15) is 0 Å². The number of nitrogens with zero attached hydrogens (tertiary/aromatic N) is 1. The van der Waals surface area contributed by atoms with E-state index in [1.807, 2.05) is 7.05 Å². The van der Waals surface area contributed by atoms with Crippen molar-refractivity contribution in [1.29, 1.82) is 0 Å². The maximum atomic E-state index is 12.2. The number of amides is 1. The zero-order chi connectivity index (χ0) is 16.2. The van der Waals surface area contributed by atoms with Crippen molar-refractivity contribution in [3.63, 3.8) is 0 Å². The average molecular weight is 368 g/mol. The quantitative estimate of drug-likeness (QED) is 0.763. The summed E-state index contributed by atoms with van der Waals surface area (Å²) >= 11 is 0. The van der Waals surface area contributed by atoms with Gasteiger partial charge in [0.1, 0.15) is 5.75 Å². The number of sulfonamides is 1. The average Bonchev–Trinajstić information content (AvgIpc) is 2.49. The topological polar surface area (TPSA) is 78.5 Å². The number of nitrogens with one attached hydrogen (secondary N) is 2. The molecule has 2 aliphatic rings. The van der Waals surface area contributed by atoms with Gasteiger partial charge in [-0.05, 0) is 51.5 Å². The first-order valence-electron chi connectivity index (χ1n) is 8.34. The molecule has 1 heterocycles. The number of carbonyl (C=O) groups is 1. The van der Waals surface area contributed by atoms with Crippen LogP contribution in [0.2, 0.25) is 0 Å². The van der Waals surface area contributed by atoms with Crippen LogP contribution in [0.5, 0.6) is 0 Å². The fourth-order valence-electron chi connectivity index (χ4n) is 3.34. The third-order valence-corrected chi connectivity index (χ3v) is 6.25. The van der Waals surface area contributed by atoms with Gasteiger partial charge in [-0.3, -0.25) is 4.79 Å². The second-order valence-electron chi connectivity index (χ2n) is 6.78. The molecule has 1 aliphatic heterocycles. The standard InChI is InChI=1S/C15H29N3O3S.ClH/c1-12-3-5-14(6-4-12)17-22(20,21)11-15(19)18-9-7-13(16-2)8-10-18;/h12-14,16-17H,3-11H2,1-2H3;1H. The zero-order valence-corrected chi connectivity index (χ0v) is 15.7. The van der Waals surface area contributed by atoms with E-state index in [9.17, 15) is 13.2 Å². The highest BCUT2D eigenvalue weighted by atomic mass is 35.5. The molecular formula is C15H30ClN3O3S. The Balaban J connectivity index is 0.00000264. The number of hydrogen-bond donors (Lipinski definition) is 2. The van der Waals surface area contributed by atoms with Gasteiger partial charge >= 0.3 is 0 Å². The summed E-state index contributed by atoms with van der Waals surface area (Å²) in [6.45, 7) is 3.48. The molecule has 136 valence electrons. The van der Waals surface area contributed by atoms with Gasteiger partial charge in [0, 0.05) is 25.2 Å². The highest BCUT2D eigenvalue weighted by Gasteiger charge is 2.28. The molecule has 2 N–H and O–H groups in total. The maximum absolute atomic E-state index is 12.2. The molecule has 0 aromatic rings. The van der Waals surface area contributed by atoms with Crippen LogP contribution in [-0.2, 0) is 14.8 Å². The highest BCUT2D eigenvalue weighted by Crippen LogP contribution is 2.23. The fourth-order valence-corrected chi connectivity index (χ4v) is 4.68. The Kier molecular flexibility index (Phi) is 8.27. The third-order valence-electron chi connectivity index (χ3n) is 4.93. The molecule has 2 fully saturated rings. The van der Waals surface area contributed by atoms with E-state index in [-0.39, 0.29) is 24.4 Å². The van der Waals surface area contributed by atoms with E-state index in [1.54, 1.807) is 4.90 Å². The Labute approximate surface area is 146 Å². The smallest absolute Gasteiger partial charge is 0.239 e. The monoisotopic (exact) mass is 367 g/mol. The van der Waals surface area contributed by atoms with Crippen molar-refractivity contribution >= 4 is 28.3 Å². The van der Waals surface area contributed by atoms with Crippen LogP contribution in [0.4, 0.5) is 0 Å². The van der Waals surface area contributed by atoms with Crippen molar-refractivity contribution in [3.05, 3.63) is 0 Å². The summed E-state index contributed by atoms with van der Waals surface area (Å²) in [4.78, 5) is 13.9. The van der Waals surface area contributed by atoms with Crippen molar-refractivity contribution in [2.45, 2.75) is 57.5 Å². The first-order chi connectivity index (χ1) is 10.4. The SMILES string of the molecule is CNC1CCN(C(=O)CS(=O)(=O)NC2CCC(C)CC2)CC1.Cl. The molecule has 1 saturated heterocycles. The Hall–Kier alpha value is -0.370. The molecule has 0 spiro atoms. The molecule has 1 amide bonds. The number of piperidine rings is 1. The molecule has 2 rings (SSSR count). The van der Waals surface area contributed by atoms with Gasteiger partial charge in [-0.15, -0.1) is 12.4 Å². The van der Waals surface area contributed by atoms with Crippen LogP contribution >= 0.6 is 12.4 Å². The summed E-state index contributed by atoms with van der Waals surface area (Å²) < 4.78 is 27.1. The van der Waals surface area contributed by atoms with Crippen LogP contribution in [0.1, 0.15) is 45.4 Å². The molecule has 0 aromatic heterocycles. The van der Waals surface area contributed by atoms with Gasteiger partial charge in [0.25, 0.3) is 0 Å². The van der Waals surface area contributed by atoms with Crippen molar-refractivity contribution < 1.29 is 13.2 Å². The van der Waals surface area contributed by atoms with Gasteiger partial charge in [-0.1, -0.05) is 6.92 Å². The number of rotatable bonds is 5. The summed E-state index contributed by atoms with van der Waals surface area (Å²) in [5.41, 5.74) is 0. The lowest BCUT2D eigenvalue weighted by molar-refractivity contribution is -0.129. The molecule has 0 atom stereocenters. The summed E-state index contributed by atoms with van der Waals surface area (Å²) in [5, 5.41) is 3.20. The molecular weight excluding hydrogens is 338 g/mol. The molecule has 1 saturated carbocycles. The van der Waals surface area contributed by atoms with Crippen LogP contribution < -0.4 is 10.0 Å². The minimum absolute atomic E-state index is 0. The van der Waals surface area contributed by atoms with Crippen molar-refractivity contribution in [2.75, 3.05) is 25.9 Å². The van der Waals surface area contributed by atoms with E-state index in [1.165, 1.54) is 0 Å². The summed E-state index contributed by atoms with van der Waals surface area (Å²) in [5.74, 6) is -0.00871. The van der Waals surface area contributed by atoms with Gasteiger partial charge in [-0.25, -0.2) is 13.1 Å². The summed E-state index contributed by atoms with van der Waals surface area (Å²) in [6, 6.07) is 0.437. The molecule has 1 aliphatic carbocycles. The highest BCUT2D eigenvalue weighted by molar-refractivity contribution is 7.90. The van der Waals surface area contributed by atoms with Crippen LogP contribution in [-0.4, -0.2) is 57.2 Å². The molecule has 0 bridgehead atoms. The first kappa shape index (κ1) is 20.7. The van der Waals surface area contributed by atoms with Crippen molar-refractivity contribution in [2.24, 2.45) is 5.92 Å². The zero-order valence-electron chi connectivity index (χ0n) is 14.1. The molecule has 6 nitrogen and oxygen atoms in total. The van der Waals surface area contributed by atoms with E-state index in [0.717, 1.165) is 38.5 Å². The second-order valence-corrected chi connectivity index (χ2v) is 8.53. The van der Waals surface area contributed by atoms with Crippen LogP contribution in [0.15, 0.2) is 0 Å². The van der Waals surface area contributed by atoms with Crippen LogP contribution in [0, 0.1) is 5.92 Å². The van der Waals surface area contributed by atoms with E-state index in [4.69, 9.17) is 0 Å². The van der Waals surface area contributed by atoms with Crippen molar-refractivity contribution in [1.82, 2.24) is 14.9 Å². The van der Waals surface area contributed by atoms with Crippen LogP contribution in [0.3, 0.4) is 0 Å². The van der Waals surface area contributed by atoms with Gasteiger partial charge in [0.05, 0.1) is 0 Å². The Morgan fingerprint density at radius 2 is 1.61 bits per heavy atom. The van der Waals surface area contributed by atoms with Crippen molar-refractivity contribution in [3.8, 4) is 0 Å². The predicted molar refractivity (Wildman–Crippen MR) is 94.3 cm³/mol. The third kappa shape index (κ3) is 6.57. The molecule has 0 unspecified atom stereocenters. The van der Waals surface area contributed by atoms with E-state index in [2.05, 4.69) is 17.0 Å². The lowest BCUT2D eigenvalue weighted by atomic mass is 9.88. The fraction of sp³-hybridized carbons (Fsp3) is 0.933. The summed E-state index contributed by atoms with van der Waals surface area (Å²) in [6.07, 6.45) is 5.63.